The third-order valence-electron chi connectivity index (χ3n) is 14.9. The van der Waals surface area contributed by atoms with Gasteiger partial charge in [-0.2, -0.15) is 54.8 Å². The fourth-order valence-electron chi connectivity index (χ4n) is 10.2. The quantitative estimate of drug-likeness (QED) is 0.0549. The molecule has 4 bridgehead atoms. The van der Waals surface area contributed by atoms with E-state index in [0.29, 0.717) is 63.5 Å². The number of halogens is 12. The van der Waals surface area contributed by atoms with Gasteiger partial charge in [0.25, 0.3) is 0 Å². The largest absolute Gasteiger partial charge is 0.433 e. The second-order valence-electron chi connectivity index (χ2n) is 22.0. The molecule has 488 valence electrons. The third kappa shape index (κ3) is 16.7. The van der Waals surface area contributed by atoms with Crippen LogP contribution < -0.4 is 43.8 Å². The summed E-state index contributed by atoms with van der Waals surface area (Å²) in [5, 5.41) is 39.4. The highest BCUT2D eigenvalue weighted by Crippen LogP contribution is 2.38. The van der Waals surface area contributed by atoms with Gasteiger partial charge in [0.2, 0.25) is 0 Å². The van der Waals surface area contributed by atoms with E-state index in [2.05, 4.69) is 81.3 Å². The van der Waals surface area contributed by atoms with Crippen LogP contribution in [0.1, 0.15) is 103 Å². The number of ether oxygens (including phenoxy) is 2. The zero-order chi connectivity index (χ0) is 66.7. The highest BCUT2D eigenvalue weighted by molar-refractivity contribution is 6.35. The fraction of sp³-hybridized carbons (Fsp3) is 0.379. The number of alkyl halides is 9. The topological polar surface area (TPSA) is 317 Å². The summed E-state index contributed by atoms with van der Waals surface area (Å²) in [5.74, 6) is 1.62. The van der Waals surface area contributed by atoms with Crippen LogP contribution in [0.2, 0.25) is 15.5 Å². The number of fused-ring (bicyclic) bond motifs is 7. The lowest BCUT2D eigenvalue weighted by atomic mass is 10.1. The first-order valence-electron chi connectivity index (χ1n) is 28.2. The second kappa shape index (κ2) is 27.9. The van der Waals surface area contributed by atoms with Gasteiger partial charge in [-0.1, -0.05) is 34.8 Å². The second-order valence-corrected chi connectivity index (χ2v) is 23.1. The molecule has 0 amide bonds. The van der Waals surface area contributed by atoms with Crippen molar-refractivity contribution >= 4 is 102 Å². The molecule has 0 aliphatic carbocycles. The van der Waals surface area contributed by atoms with Crippen LogP contribution in [0.15, 0.2) is 73.2 Å². The third-order valence-corrected chi connectivity index (χ3v) is 15.6. The monoisotopic (exact) mass is 1340 g/mol. The molecular formula is C58H60Cl3F9N20O2. The van der Waals surface area contributed by atoms with Crippen LogP contribution in [0.5, 0.6) is 0 Å². The molecule has 0 aromatic carbocycles. The van der Waals surface area contributed by atoms with Gasteiger partial charge in [0.15, 0.2) is 16.8 Å². The maximum atomic E-state index is 13.2. The summed E-state index contributed by atoms with van der Waals surface area (Å²) in [7, 11) is 0. The summed E-state index contributed by atoms with van der Waals surface area (Å²) >= 11 is 17.5. The van der Waals surface area contributed by atoms with Crippen LogP contribution in [0, 0.1) is 20.8 Å². The van der Waals surface area contributed by atoms with Crippen molar-refractivity contribution in [2.75, 3.05) is 59.0 Å². The van der Waals surface area contributed by atoms with Crippen molar-refractivity contribution in [1.29, 1.82) is 0 Å². The number of pyridine rings is 6. The number of hydrogen-bond acceptors (Lipinski definition) is 22. The van der Waals surface area contributed by atoms with Gasteiger partial charge in [0.05, 0.1) is 77.7 Å². The predicted molar refractivity (Wildman–Crippen MR) is 331 cm³/mol. The lowest BCUT2D eigenvalue weighted by molar-refractivity contribution is -0.142. The first-order chi connectivity index (χ1) is 43.3. The Morgan fingerprint density at radius 1 is 0.533 bits per heavy atom. The number of nitrogen functional groups attached to an aromatic ring is 3. The minimum Gasteiger partial charge on any atom is -0.399 e. The van der Waals surface area contributed by atoms with Gasteiger partial charge in [0.1, 0.15) is 33.2 Å². The zero-order valence-corrected chi connectivity index (χ0v) is 52.0. The number of rotatable bonds is 8. The lowest BCUT2D eigenvalue weighted by Gasteiger charge is -2.28. The van der Waals surface area contributed by atoms with Crippen LogP contribution in [0.25, 0.3) is 32.3 Å². The van der Waals surface area contributed by atoms with Crippen LogP contribution in [-0.4, -0.2) is 111 Å². The van der Waals surface area contributed by atoms with Gasteiger partial charge in [-0.3, -0.25) is 0 Å². The number of nitrogens with one attached hydrogen (secondary N) is 3. The van der Waals surface area contributed by atoms with E-state index < -0.39 is 53.7 Å². The van der Waals surface area contributed by atoms with Crippen LogP contribution >= 0.6 is 34.8 Å². The van der Waals surface area contributed by atoms with E-state index in [4.69, 9.17) is 67.2 Å². The average molecular weight is 1350 g/mol. The Labute approximate surface area is 534 Å². The number of nitrogens with zero attached hydrogens (tertiary/aromatic N) is 13. The minimum atomic E-state index is -4.58. The zero-order valence-electron chi connectivity index (χ0n) is 49.7. The molecule has 92 heavy (non-hydrogen) atoms. The maximum absolute atomic E-state index is 13.2. The lowest BCUT2D eigenvalue weighted by Crippen LogP contribution is -2.37. The number of aryl methyl sites for hydroxylation is 3. The van der Waals surface area contributed by atoms with Crippen LogP contribution in [-0.2, 0) is 28.0 Å². The van der Waals surface area contributed by atoms with Crippen molar-refractivity contribution in [3.05, 3.63) is 140 Å². The van der Waals surface area contributed by atoms with E-state index in [-0.39, 0.29) is 45.4 Å². The molecule has 22 nitrogen and oxygen atoms in total. The molecule has 4 fully saturated rings. The molecule has 0 unspecified atom stereocenters. The van der Waals surface area contributed by atoms with E-state index >= 15 is 0 Å². The van der Waals surface area contributed by atoms with Crippen LogP contribution in [0.3, 0.4) is 0 Å². The summed E-state index contributed by atoms with van der Waals surface area (Å²) in [6.07, 6.45) is -5.66. The molecule has 9 aromatic rings. The van der Waals surface area contributed by atoms with Gasteiger partial charge >= 0.3 is 18.5 Å². The molecule has 34 heteroatoms. The Bertz CT molecular complexity index is 4120. The maximum Gasteiger partial charge on any atom is 0.433 e. The number of anilines is 6. The Morgan fingerprint density at radius 3 is 1.37 bits per heavy atom. The van der Waals surface area contributed by atoms with Crippen molar-refractivity contribution in [3.63, 3.8) is 0 Å². The van der Waals surface area contributed by atoms with E-state index in [1.165, 1.54) is 24.6 Å². The molecule has 0 saturated carbocycles. The van der Waals surface area contributed by atoms with Crippen LogP contribution in [0.4, 0.5) is 74.0 Å². The average Bonchev–Trinajstić information content (AvgIpc) is 1.27. The van der Waals surface area contributed by atoms with E-state index in [9.17, 15) is 39.5 Å². The summed E-state index contributed by atoms with van der Waals surface area (Å²) in [4.78, 5) is 25.6. The molecule has 11 N–H and O–H groups in total. The van der Waals surface area contributed by atoms with Crippen molar-refractivity contribution in [2.45, 2.75) is 115 Å². The minimum absolute atomic E-state index is 0.00591. The first kappa shape index (κ1) is 68.2. The first-order valence-corrected chi connectivity index (χ1v) is 29.3. The molecule has 4 aliphatic heterocycles. The molecule has 13 heterocycles. The Morgan fingerprint density at radius 2 is 0.967 bits per heavy atom. The molecule has 7 atom stereocenters. The van der Waals surface area contributed by atoms with Gasteiger partial charge in [-0.15, -0.1) is 15.3 Å². The van der Waals surface area contributed by atoms with Crippen molar-refractivity contribution < 1.29 is 49.0 Å². The van der Waals surface area contributed by atoms with E-state index in [1.54, 1.807) is 58.4 Å². The van der Waals surface area contributed by atoms with Gasteiger partial charge in [-0.25, -0.2) is 29.9 Å². The van der Waals surface area contributed by atoms with Crippen molar-refractivity contribution in [2.24, 2.45) is 5.73 Å². The van der Waals surface area contributed by atoms with E-state index in [1.807, 2.05) is 19.9 Å². The molecule has 13 rings (SSSR count). The number of morpholine rings is 2. The molecule has 0 radical (unpaired) electrons. The molecular weight excluding hydrogens is 1290 g/mol. The normalized spacial score (nSPS) is 18.4. The Kier molecular flexibility index (Phi) is 20.7. The highest BCUT2D eigenvalue weighted by atomic mass is 35.5. The molecule has 4 aliphatic rings. The summed E-state index contributed by atoms with van der Waals surface area (Å²) in [6, 6.07) is 11.0. The molecule has 9 aromatic heterocycles. The number of nitrogens with two attached hydrogens (primary N) is 4. The van der Waals surface area contributed by atoms with Gasteiger partial charge < -0.3 is 53.3 Å². The molecule has 4 saturated heterocycles. The van der Waals surface area contributed by atoms with Gasteiger partial charge in [0, 0.05) is 93.1 Å². The standard InChI is InChI=1S/C21H22F3N7O.C16H14ClF3N6.C8H5Cl2N3.C8H10F3N3.C5H9NO/c1-10-16-7-26-19(31-8-14-5-13(31)9-32-14)6-15(16)20(30-29-10)27-11(2)17-3-12(25)4-18(28-17)21(22,23)24;1-7-11-6-22-14(17)5-10(11)15(26-25-7)23-8(2)12-3-9(21)4-13(24-12)16(18,19)20;1-4-6-3-11-7(9)2-5(6)8(10)13-12-4;1-4(12)6-2-5(13)3-7(14-6)8(9,10)11;1-4-3-7-5(1)2-6-4/h3-4,6-7,11,13-14H,5,8-9H2,1-2H3,(H2,25,28)(H,27,30);3-6,8H,1-2H3,(H2,21,24)(H,23,26);2-3H,1H3;2-4H,12H2,1H3,(H2,13,14);4-6H,1-3H2/t11-,13-,14-;8-;;4-;4-,5-/m11.11/s1. The Hall–Kier alpha value is -8.20. The highest BCUT2D eigenvalue weighted by Gasteiger charge is 2.40. The molecule has 0 spiro atoms. The fourth-order valence-corrected chi connectivity index (χ4v) is 10.7. The Balaban J connectivity index is 0.000000148. The number of aromatic nitrogens is 12. The number of hydrogen-bond donors (Lipinski definition) is 7. The summed E-state index contributed by atoms with van der Waals surface area (Å²) in [5.41, 5.74) is 21.5. The van der Waals surface area contributed by atoms with Crippen molar-refractivity contribution in [3.8, 4) is 0 Å². The SMILES string of the molecule is C1O[C@H]2CN[C@@H]1C2.C[C@@H](N)c1cc(N)cc(C(F)(F)F)n1.Cc1nnc(Cl)c2cc(Cl)ncc12.Cc1nnc(N[C@H](C)c2cc(N)cc(C(F)(F)F)n2)c2cc(Cl)ncc12.Cc1nnc(N[C@H](C)c2cc(N)cc(C(F)(F)F)n2)c2cc(N3C[C@H]4C[C@@H]3CO4)ncc12. The summed E-state index contributed by atoms with van der Waals surface area (Å²) < 4.78 is 126. The van der Waals surface area contributed by atoms with Crippen molar-refractivity contribution in [1.82, 2.24) is 65.8 Å². The van der Waals surface area contributed by atoms with Gasteiger partial charge in [-0.05, 0) is 109 Å². The smallest absolute Gasteiger partial charge is 0.399 e. The summed E-state index contributed by atoms with van der Waals surface area (Å²) in [6.45, 7) is 13.9. The van der Waals surface area contributed by atoms with E-state index in [0.717, 1.165) is 82.8 Å². The predicted octanol–water partition coefficient (Wildman–Crippen LogP) is 11.7.